The molecule has 1 atom stereocenters. The Balaban J connectivity index is 2.67. The van der Waals surface area contributed by atoms with Crippen LogP contribution in [0.1, 0.15) is 60.3 Å². The van der Waals surface area contributed by atoms with Gasteiger partial charge in [0.1, 0.15) is 0 Å². The van der Waals surface area contributed by atoms with Crippen LogP contribution in [-0.2, 0) is 0 Å². The third kappa shape index (κ3) is 7.38. The molecule has 0 saturated heterocycles. The lowest BCUT2D eigenvalue weighted by Gasteiger charge is -2.19. The van der Waals surface area contributed by atoms with Crippen molar-refractivity contribution in [2.75, 3.05) is 0 Å². The fraction of sp³-hybridized carbons (Fsp3) is 0.478. The minimum absolute atomic E-state index is 0.693. The fourth-order valence-corrected chi connectivity index (χ4v) is 2.65. The molecule has 1 rings (SSSR count). The van der Waals surface area contributed by atoms with Gasteiger partial charge in [-0.25, -0.2) is 0 Å². The lowest BCUT2D eigenvalue weighted by molar-refractivity contribution is 0.480. The number of rotatable bonds is 6. The molecular formula is C23H32. The number of hydrogen-bond acceptors (Lipinski definition) is 0. The summed E-state index contributed by atoms with van der Waals surface area (Å²) >= 11 is 0. The highest BCUT2D eigenvalue weighted by Gasteiger charge is 2.12. The van der Waals surface area contributed by atoms with E-state index in [-0.39, 0.29) is 0 Å². The van der Waals surface area contributed by atoms with Crippen molar-refractivity contribution < 1.29 is 0 Å². The molecule has 0 nitrogen and oxygen atoms in total. The zero-order chi connectivity index (χ0) is 17.4. The lowest BCUT2D eigenvalue weighted by Crippen LogP contribution is -2.04. The summed E-state index contributed by atoms with van der Waals surface area (Å²) in [5.41, 5.74) is 5.81. The van der Waals surface area contributed by atoms with Crippen molar-refractivity contribution in [3.05, 3.63) is 59.3 Å². The van der Waals surface area contributed by atoms with Crippen molar-refractivity contribution in [2.45, 2.75) is 60.3 Å². The van der Waals surface area contributed by atoms with Crippen LogP contribution in [0.25, 0.3) is 0 Å². The van der Waals surface area contributed by atoms with Crippen LogP contribution in [0.15, 0.2) is 59.3 Å². The molecule has 0 N–H and O–H groups in total. The molecule has 0 heterocycles. The Morgan fingerprint density at radius 3 is 2.35 bits per heavy atom. The van der Waals surface area contributed by atoms with Gasteiger partial charge in [0.2, 0.25) is 0 Å². The highest BCUT2D eigenvalue weighted by molar-refractivity contribution is 5.49. The first-order valence-electron chi connectivity index (χ1n) is 8.74. The molecule has 0 radical (unpaired) electrons. The monoisotopic (exact) mass is 308 g/mol. The molecule has 0 saturated carbocycles. The topological polar surface area (TPSA) is 0 Å². The van der Waals surface area contributed by atoms with E-state index >= 15 is 0 Å². The largest absolute Gasteiger partial charge is 0.0961 e. The molecule has 0 heteroatoms. The maximum atomic E-state index is 4.05. The summed E-state index contributed by atoms with van der Waals surface area (Å²) < 4.78 is 0. The lowest BCUT2D eigenvalue weighted by atomic mass is 9.86. The third-order valence-electron chi connectivity index (χ3n) is 4.30. The van der Waals surface area contributed by atoms with Gasteiger partial charge < -0.3 is 0 Å². The summed E-state index contributed by atoms with van der Waals surface area (Å²) in [6, 6.07) is 0. The van der Waals surface area contributed by atoms with E-state index in [0.29, 0.717) is 5.92 Å². The Labute approximate surface area is 143 Å². The van der Waals surface area contributed by atoms with Gasteiger partial charge in [0.25, 0.3) is 0 Å². The summed E-state index contributed by atoms with van der Waals surface area (Å²) in [4.78, 5) is 0. The van der Waals surface area contributed by atoms with Crippen molar-refractivity contribution in [1.82, 2.24) is 0 Å². The Kier molecular flexibility index (Phi) is 7.90. The first kappa shape index (κ1) is 19.3. The molecule has 0 aliphatic heterocycles. The third-order valence-corrected chi connectivity index (χ3v) is 4.30. The van der Waals surface area contributed by atoms with Crippen LogP contribution < -0.4 is 0 Å². The van der Waals surface area contributed by atoms with Crippen molar-refractivity contribution in [2.24, 2.45) is 11.8 Å². The van der Waals surface area contributed by atoms with Gasteiger partial charge in [-0.3, -0.25) is 0 Å². The van der Waals surface area contributed by atoms with Gasteiger partial charge in [0, 0.05) is 11.1 Å². The van der Waals surface area contributed by atoms with Gasteiger partial charge in [-0.1, -0.05) is 81.6 Å². The number of hydrogen-bond donors (Lipinski definition) is 0. The molecule has 124 valence electrons. The fourth-order valence-electron chi connectivity index (χ4n) is 2.65. The van der Waals surface area contributed by atoms with Gasteiger partial charge in [0.05, 0.1) is 0 Å². The molecule has 0 aromatic rings. The van der Waals surface area contributed by atoms with E-state index in [2.05, 4.69) is 57.9 Å². The molecule has 1 aliphatic rings. The molecule has 0 aromatic heterocycles. The van der Waals surface area contributed by atoms with Crippen LogP contribution in [0.2, 0.25) is 0 Å². The smallest absolute Gasteiger partial charge is 0.0206 e. The van der Waals surface area contributed by atoms with Crippen LogP contribution in [0.5, 0.6) is 0 Å². The maximum absolute atomic E-state index is 4.05. The van der Waals surface area contributed by atoms with E-state index in [4.69, 9.17) is 0 Å². The molecule has 1 unspecified atom stereocenters. The minimum atomic E-state index is 0.693. The first-order chi connectivity index (χ1) is 10.8. The average Bonchev–Trinajstić information content (AvgIpc) is 2.50. The Morgan fingerprint density at radius 2 is 1.83 bits per heavy atom. The van der Waals surface area contributed by atoms with Crippen LogP contribution in [-0.4, -0.2) is 0 Å². The predicted octanol–water partition coefficient (Wildman–Crippen LogP) is 6.79. The van der Waals surface area contributed by atoms with E-state index < -0.39 is 0 Å². The second-order valence-electron chi connectivity index (χ2n) is 7.21. The Morgan fingerprint density at radius 1 is 1.13 bits per heavy atom. The van der Waals surface area contributed by atoms with E-state index in [1.54, 1.807) is 5.57 Å². The molecule has 0 bridgehead atoms. The highest BCUT2D eigenvalue weighted by atomic mass is 14.2. The van der Waals surface area contributed by atoms with E-state index in [1.807, 2.05) is 19.9 Å². The molecule has 0 amide bonds. The van der Waals surface area contributed by atoms with E-state index in [0.717, 1.165) is 35.5 Å². The Hall–Kier alpha value is -1.74. The molecule has 1 aliphatic carbocycles. The van der Waals surface area contributed by atoms with Crippen molar-refractivity contribution in [3.63, 3.8) is 0 Å². The van der Waals surface area contributed by atoms with Crippen molar-refractivity contribution in [3.8, 4) is 11.8 Å². The molecule has 0 spiro atoms. The van der Waals surface area contributed by atoms with Crippen LogP contribution in [0.4, 0.5) is 0 Å². The molecule has 23 heavy (non-hydrogen) atoms. The second-order valence-corrected chi connectivity index (χ2v) is 7.21. The summed E-state index contributed by atoms with van der Waals surface area (Å²) in [6.45, 7) is 18.9. The van der Waals surface area contributed by atoms with E-state index in [9.17, 15) is 0 Å². The van der Waals surface area contributed by atoms with Crippen LogP contribution in [0, 0.1) is 23.7 Å². The zero-order valence-electron chi connectivity index (χ0n) is 15.6. The summed E-state index contributed by atoms with van der Waals surface area (Å²) in [5.74, 6) is 7.96. The highest BCUT2D eigenvalue weighted by Crippen LogP contribution is 2.28. The average molecular weight is 309 g/mol. The first-order valence-corrected chi connectivity index (χ1v) is 8.74. The quantitative estimate of drug-likeness (QED) is 0.374. The van der Waals surface area contributed by atoms with Gasteiger partial charge in [-0.2, -0.15) is 0 Å². The van der Waals surface area contributed by atoms with Crippen LogP contribution in [0.3, 0.4) is 0 Å². The summed E-state index contributed by atoms with van der Waals surface area (Å²) in [6.07, 6.45) is 11.3. The molecular weight excluding hydrogens is 276 g/mol. The van der Waals surface area contributed by atoms with Gasteiger partial charge in [0.15, 0.2) is 0 Å². The normalized spacial score (nSPS) is 16.2. The summed E-state index contributed by atoms with van der Waals surface area (Å²) in [5, 5.41) is 0. The van der Waals surface area contributed by atoms with Crippen molar-refractivity contribution >= 4 is 0 Å². The molecule has 0 aromatic carbocycles. The Bertz CT molecular complexity index is 594. The SMILES string of the molecule is C=C(C)/C=C(/C)C(=C)C#CC1=CC=C(C(C)CCC(C)C)CC1. The standard InChI is InChI=1S/C23H32/c1-17(2)8-9-20(6)23-14-12-22(13-15-23)11-10-19(5)21(7)16-18(3)4/h12,14,16-17,20H,3,5,8-9,13,15H2,1-2,4,6-7H3/b21-16-. The van der Waals surface area contributed by atoms with Crippen molar-refractivity contribution in [1.29, 1.82) is 0 Å². The minimum Gasteiger partial charge on any atom is -0.0961 e. The van der Waals surface area contributed by atoms with Gasteiger partial charge in [-0.05, 0) is 50.5 Å². The number of allylic oxidation sites excluding steroid dienone is 8. The molecule has 0 fully saturated rings. The zero-order valence-corrected chi connectivity index (χ0v) is 15.6. The van der Waals surface area contributed by atoms with Gasteiger partial charge in [-0.15, -0.1) is 0 Å². The predicted molar refractivity (Wildman–Crippen MR) is 104 cm³/mol. The maximum Gasteiger partial charge on any atom is 0.0206 e. The second kappa shape index (κ2) is 9.41. The van der Waals surface area contributed by atoms with Crippen LogP contribution >= 0.6 is 0 Å². The van der Waals surface area contributed by atoms with Gasteiger partial charge >= 0.3 is 0 Å². The van der Waals surface area contributed by atoms with E-state index in [1.165, 1.54) is 18.4 Å². The summed E-state index contributed by atoms with van der Waals surface area (Å²) in [7, 11) is 0.